The Hall–Kier alpha value is -2.12. The lowest BCUT2D eigenvalue weighted by Gasteiger charge is -2.26. The number of nitrogens with zero attached hydrogens (tertiary/aromatic N) is 2. The zero-order valence-electron chi connectivity index (χ0n) is 11.1. The summed E-state index contributed by atoms with van der Waals surface area (Å²) in [6, 6.07) is -0.154. The molecule has 2 amide bonds. The molecular weight excluding hydrogens is 262 g/mol. The van der Waals surface area contributed by atoms with Crippen LogP contribution in [0.4, 0.5) is 4.79 Å². The first kappa shape index (κ1) is 14.3. The molecule has 1 aliphatic rings. The summed E-state index contributed by atoms with van der Waals surface area (Å²) in [4.78, 5) is 26.5. The molecule has 4 N–H and O–H groups in total. The Morgan fingerprint density at radius 3 is 2.70 bits per heavy atom. The van der Waals surface area contributed by atoms with Gasteiger partial charge in [-0.15, -0.1) is 0 Å². The second-order valence-electron chi connectivity index (χ2n) is 4.97. The minimum atomic E-state index is -0.736. The maximum atomic E-state index is 11.7. The van der Waals surface area contributed by atoms with E-state index in [4.69, 9.17) is 5.11 Å². The maximum absolute atomic E-state index is 11.7. The second-order valence-corrected chi connectivity index (χ2v) is 4.97. The lowest BCUT2D eigenvalue weighted by molar-refractivity contribution is -0.142. The number of H-pyrrole nitrogens is 1. The summed E-state index contributed by atoms with van der Waals surface area (Å²) in [5.74, 6) is -0.269. The van der Waals surface area contributed by atoms with Crippen LogP contribution < -0.4 is 10.6 Å². The average Bonchev–Trinajstić information content (AvgIpc) is 2.92. The normalized spacial score (nSPS) is 22.2. The molecule has 0 saturated heterocycles. The first-order valence-electron chi connectivity index (χ1n) is 6.76. The number of carbonyl (C=O) groups excluding carboxylic acids is 1. The van der Waals surface area contributed by atoms with Crippen LogP contribution >= 0.6 is 0 Å². The van der Waals surface area contributed by atoms with E-state index in [1.165, 1.54) is 6.33 Å². The number of rotatable bonds is 5. The standard InChI is InChI=1S/C12H19N5O3/c18-11(19)8-1-3-9(4-2-8)16-12(20)13-6-5-10-14-7-15-17-10/h7-9H,1-6H2,(H,18,19)(H2,13,16,20)(H,14,15,17). The monoisotopic (exact) mass is 281 g/mol. The molecule has 2 rings (SSSR count). The molecule has 1 saturated carbocycles. The molecule has 1 heterocycles. The Morgan fingerprint density at radius 2 is 2.10 bits per heavy atom. The number of urea groups is 1. The third kappa shape index (κ3) is 4.22. The highest BCUT2D eigenvalue weighted by Gasteiger charge is 2.26. The number of hydrogen-bond acceptors (Lipinski definition) is 4. The van der Waals surface area contributed by atoms with Crippen LogP contribution in [0.5, 0.6) is 0 Å². The van der Waals surface area contributed by atoms with Crippen molar-refractivity contribution in [3.63, 3.8) is 0 Å². The number of amides is 2. The SMILES string of the molecule is O=C(NCCc1ncn[nH]1)NC1CCC(C(=O)O)CC1. The fourth-order valence-corrected chi connectivity index (χ4v) is 2.37. The molecule has 8 nitrogen and oxygen atoms in total. The molecule has 1 fully saturated rings. The van der Waals surface area contributed by atoms with Crippen LogP contribution in [-0.4, -0.2) is 44.9 Å². The Bertz CT molecular complexity index is 440. The first-order chi connectivity index (χ1) is 9.65. The van der Waals surface area contributed by atoms with Crippen molar-refractivity contribution < 1.29 is 14.7 Å². The molecule has 110 valence electrons. The molecule has 0 unspecified atom stereocenters. The molecular formula is C12H19N5O3. The summed E-state index contributed by atoms with van der Waals surface area (Å²) < 4.78 is 0. The predicted molar refractivity (Wildman–Crippen MR) is 70.0 cm³/mol. The van der Waals surface area contributed by atoms with E-state index in [1.54, 1.807) is 0 Å². The number of nitrogens with one attached hydrogen (secondary N) is 3. The van der Waals surface area contributed by atoms with Gasteiger partial charge < -0.3 is 15.7 Å². The molecule has 20 heavy (non-hydrogen) atoms. The number of carboxylic acid groups (broad SMARTS) is 1. The Morgan fingerprint density at radius 1 is 1.35 bits per heavy atom. The quantitative estimate of drug-likeness (QED) is 0.618. The summed E-state index contributed by atoms with van der Waals surface area (Å²) in [6.45, 7) is 0.478. The number of carbonyl (C=O) groups is 2. The van der Waals surface area contributed by atoms with Crippen molar-refractivity contribution in [3.05, 3.63) is 12.2 Å². The van der Waals surface area contributed by atoms with Crippen molar-refractivity contribution in [2.75, 3.05) is 6.54 Å². The topological polar surface area (TPSA) is 120 Å². The molecule has 0 spiro atoms. The third-order valence-electron chi connectivity index (χ3n) is 3.52. The van der Waals surface area contributed by atoms with Crippen LogP contribution in [-0.2, 0) is 11.2 Å². The zero-order valence-corrected chi connectivity index (χ0v) is 11.1. The van der Waals surface area contributed by atoms with Crippen LogP contribution in [0.15, 0.2) is 6.33 Å². The van der Waals surface area contributed by atoms with Gasteiger partial charge in [-0.25, -0.2) is 9.78 Å². The summed E-state index contributed by atoms with van der Waals surface area (Å²) in [5, 5.41) is 21.0. The van der Waals surface area contributed by atoms with Crippen LogP contribution in [0.3, 0.4) is 0 Å². The van der Waals surface area contributed by atoms with Gasteiger partial charge in [0.25, 0.3) is 0 Å². The second kappa shape index (κ2) is 6.88. The smallest absolute Gasteiger partial charge is 0.315 e. The van der Waals surface area contributed by atoms with Gasteiger partial charge in [-0.3, -0.25) is 9.89 Å². The molecule has 0 aromatic carbocycles. The minimum Gasteiger partial charge on any atom is -0.481 e. The van der Waals surface area contributed by atoms with Crippen molar-refractivity contribution in [2.45, 2.75) is 38.1 Å². The lowest BCUT2D eigenvalue weighted by atomic mass is 9.86. The molecule has 0 radical (unpaired) electrons. The molecule has 8 heteroatoms. The van der Waals surface area contributed by atoms with Gasteiger partial charge in [0, 0.05) is 19.0 Å². The highest BCUT2D eigenvalue weighted by Crippen LogP contribution is 2.24. The predicted octanol–water partition coefficient (Wildman–Crippen LogP) is 0.290. The third-order valence-corrected chi connectivity index (χ3v) is 3.52. The van der Waals surface area contributed by atoms with Crippen molar-refractivity contribution in [3.8, 4) is 0 Å². The summed E-state index contributed by atoms with van der Waals surface area (Å²) >= 11 is 0. The Balaban J connectivity index is 1.61. The first-order valence-corrected chi connectivity index (χ1v) is 6.76. The van der Waals surface area contributed by atoms with Crippen LogP contribution in [0.1, 0.15) is 31.5 Å². The van der Waals surface area contributed by atoms with Gasteiger partial charge in [0.1, 0.15) is 12.2 Å². The van der Waals surface area contributed by atoms with E-state index in [1.807, 2.05) is 0 Å². The van der Waals surface area contributed by atoms with Crippen LogP contribution in [0.2, 0.25) is 0 Å². The van der Waals surface area contributed by atoms with Gasteiger partial charge in [0.15, 0.2) is 0 Å². The number of aromatic amines is 1. The van der Waals surface area contributed by atoms with Gasteiger partial charge >= 0.3 is 12.0 Å². The van der Waals surface area contributed by atoms with Gasteiger partial charge in [0.05, 0.1) is 5.92 Å². The molecule has 0 bridgehead atoms. The number of aromatic nitrogens is 3. The summed E-state index contributed by atoms with van der Waals surface area (Å²) in [7, 11) is 0. The van der Waals surface area contributed by atoms with Crippen molar-refractivity contribution in [1.82, 2.24) is 25.8 Å². The fraction of sp³-hybridized carbons (Fsp3) is 0.667. The van der Waals surface area contributed by atoms with Gasteiger partial charge in [0.2, 0.25) is 0 Å². The van der Waals surface area contributed by atoms with E-state index in [-0.39, 0.29) is 18.0 Å². The van der Waals surface area contributed by atoms with Gasteiger partial charge in [-0.05, 0) is 25.7 Å². The number of aliphatic carboxylic acids is 1. The van der Waals surface area contributed by atoms with E-state index >= 15 is 0 Å². The van der Waals surface area contributed by atoms with E-state index < -0.39 is 5.97 Å². The van der Waals surface area contributed by atoms with Crippen LogP contribution in [0.25, 0.3) is 0 Å². The number of carboxylic acids is 1. The Labute approximate surface area is 116 Å². The van der Waals surface area contributed by atoms with E-state index in [0.717, 1.165) is 5.82 Å². The highest BCUT2D eigenvalue weighted by molar-refractivity contribution is 5.74. The van der Waals surface area contributed by atoms with Crippen molar-refractivity contribution in [1.29, 1.82) is 0 Å². The number of hydrogen-bond donors (Lipinski definition) is 4. The van der Waals surface area contributed by atoms with Crippen molar-refractivity contribution >= 4 is 12.0 Å². The van der Waals surface area contributed by atoms with E-state index in [2.05, 4.69) is 25.8 Å². The average molecular weight is 281 g/mol. The van der Waals surface area contributed by atoms with Crippen molar-refractivity contribution in [2.24, 2.45) is 5.92 Å². The van der Waals surface area contributed by atoms with E-state index in [9.17, 15) is 9.59 Å². The molecule has 0 aliphatic heterocycles. The van der Waals surface area contributed by atoms with Crippen LogP contribution in [0, 0.1) is 5.92 Å². The molecule has 1 aromatic rings. The maximum Gasteiger partial charge on any atom is 0.315 e. The van der Waals surface area contributed by atoms with Gasteiger partial charge in [-0.2, -0.15) is 5.10 Å². The largest absolute Gasteiger partial charge is 0.481 e. The highest BCUT2D eigenvalue weighted by atomic mass is 16.4. The zero-order chi connectivity index (χ0) is 14.4. The minimum absolute atomic E-state index is 0.0656. The van der Waals surface area contributed by atoms with E-state index in [0.29, 0.717) is 38.6 Å². The summed E-state index contributed by atoms with van der Waals surface area (Å²) in [5.41, 5.74) is 0. The lowest BCUT2D eigenvalue weighted by Crippen LogP contribution is -2.44. The Kier molecular flexibility index (Phi) is 4.91. The fourth-order valence-electron chi connectivity index (χ4n) is 2.37. The molecule has 0 atom stereocenters. The van der Waals surface area contributed by atoms with Gasteiger partial charge in [-0.1, -0.05) is 0 Å². The molecule has 1 aliphatic carbocycles. The summed E-state index contributed by atoms with van der Waals surface area (Å²) in [6.07, 6.45) is 4.70. The molecule has 1 aromatic heterocycles.